The van der Waals surface area contributed by atoms with Crippen LogP contribution in [0, 0.1) is 0 Å². The van der Waals surface area contributed by atoms with Gasteiger partial charge in [0.15, 0.2) is 0 Å². The van der Waals surface area contributed by atoms with Crippen molar-refractivity contribution in [2.45, 2.75) is 87.9 Å². The van der Waals surface area contributed by atoms with Crippen LogP contribution >= 0.6 is 23.2 Å². The summed E-state index contributed by atoms with van der Waals surface area (Å²) in [4.78, 5) is 47.8. The molecule has 0 N–H and O–H groups in total. The molecule has 4 aromatic rings. The summed E-state index contributed by atoms with van der Waals surface area (Å²) in [6.07, 6.45) is 9.60. The number of ether oxygens (including phenoxy) is 2. The molecule has 0 saturated heterocycles. The second-order valence-corrected chi connectivity index (χ2v) is 29.4. The number of hydrogen-bond donors (Lipinski definition) is 0. The number of fused-ring (bicyclic) bond motifs is 6. The molecule has 8 rings (SSSR count). The number of carbonyl (C=O) groups is 2. The van der Waals surface area contributed by atoms with Crippen LogP contribution in [-0.4, -0.2) is 74.6 Å². The molecule has 6 heterocycles. The van der Waals surface area contributed by atoms with Crippen LogP contribution in [0.2, 0.25) is 61.7 Å². The molecule has 2 amide bonds. The number of pyridine rings is 4. The van der Waals surface area contributed by atoms with Gasteiger partial charge in [0.25, 0.3) is 0 Å². The number of carbonyl (C=O) groups excluding carboxylic acids is 2. The molecule has 2 aliphatic carbocycles. The van der Waals surface area contributed by atoms with Gasteiger partial charge in [-0.05, 0) is 84.3 Å². The quantitative estimate of drug-likeness (QED) is 0.0914. The number of nitrogens with zero attached hydrogens (tertiary/aromatic N) is 6. The molecule has 0 bridgehead atoms. The zero-order valence-electron chi connectivity index (χ0n) is 31.9. The number of hydrogen-bond acceptors (Lipinski definition) is 8. The molecule has 0 saturated carbocycles. The molecule has 4 aromatic heterocycles. The van der Waals surface area contributed by atoms with E-state index in [0.29, 0.717) is 49.2 Å². The highest BCUT2D eigenvalue weighted by atomic mass is 35.5. The maximum atomic E-state index is 13.5. The van der Waals surface area contributed by atoms with Gasteiger partial charge in [-0.1, -0.05) is 74.6 Å². The molecule has 0 radical (unpaired) electrons. The molecule has 284 valence electrons. The fourth-order valence-electron chi connectivity index (χ4n) is 7.97. The minimum atomic E-state index is -1.17. The Balaban J connectivity index is 0.000000167. The number of rotatable bonds is 10. The van der Waals surface area contributed by atoms with Crippen LogP contribution in [0.25, 0.3) is 0 Å². The third kappa shape index (κ3) is 7.53. The van der Waals surface area contributed by atoms with Crippen LogP contribution in [0.5, 0.6) is 0 Å². The van der Waals surface area contributed by atoms with Crippen LogP contribution in [0.4, 0.5) is 11.6 Å². The predicted octanol–water partition coefficient (Wildman–Crippen LogP) is 7.65. The summed E-state index contributed by atoms with van der Waals surface area (Å²) in [5.41, 5.74) is 5.11. The highest BCUT2D eigenvalue weighted by Crippen LogP contribution is 2.50. The van der Waals surface area contributed by atoms with Crippen molar-refractivity contribution in [1.82, 2.24) is 19.9 Å². The molecule has 0 aromatic carbocycles. The van der Waals surface area contributed by atoms with Gasteiger partial charge in [-0.2, -0.15) is 0 Å². The highest BCUT2D eigenvalue weighted by Gasteiger charge is 2.56. The first-order valence-corrected chi connectivity index (χ1v) is 26.7. The summed E-state index contributed by atoms with van der Waals surface area (Å²) in [7, 11) is -2.33. The van der Waals surface area contributed by atoms with Crippen molar-refractivity contribution in [2.24, 2.45) is 0 Å². The van der Waals surface area contributed by atoms with Gasteiger partial charge in [-0.25, -0.2) is 19.9 Å². The maximum Gasteiger partial charge on any atom is 0.241 e. The molecule has 2 atom stereocenters. The first-order valence-electron chi connectivity index (χ1n) is 18.6. The average molecular weight is 804 g/mol. The van der Waals surface area contributed by atoms with Crippen LogP contribution in [0.1, 0.15) is 33.4 Å². The number of anilines is 2. The summed E-state index contributed by atoms with van der Waals surface area (Å²) in [6, 6.07) is 13.7. The zero-order valence-corrected chi connectivity index (χ0v) is 35.4. The Bertz CT molecular complexity index is 1950. The SMILES string of the molecule is C[Si](C)(C)CCOCN1C(=O)[C@@]2(Cc3cnc(Cl)cc3C2)c2cccnc21.C[Si](C)(C)CCOCN1C(=O)[C@]2(Cc3cnc(Cl)cc3C2)c2cccnc21. The molecule has 14 heteroatoms. The van der Waals surface area contributed by atoms with E-state index in [1.54, 1.807) is 34.6 Å². The van der Waals surface area contributed by atoms with E-state index in [9.17, 15) is 9.59 Å². The largest absolute Gasteiger partial charge is 0.361 e. The van der Waals surface area contributed by atoms with E-state index in [-0.39, 0.29) is 25.3 Å². The van der Waals surface area contributed by atoms with Gasteiger partial charge in [-0.3, -0.25) is 19.4 Å². The Labute approximate surface area is 329 Å². The first kappa shape index (κ1) is 38.7. The molecule has 0 unspecified atom stereocenters. The lowest BCUT2D eigenvalue weighted by Crippen LogP contribution is -2.42. The fraction of sp³-hybridized carbons (Fsp3) is 0.450. The highest BCUT2D eigenvalue weighted by molar-refractivity contribution is 6.76. The van der Waals surface area contributed by atoms with Crippen LogP contribution in [0.3, 0.4) is 0 Å². The van der Waals surface area contributed by atoms with E-state index in [4.69, 9.17) is 32.7 Å². The van der Waals surface area contributed by atoms with Gasteiger partial charge in [0, 0.05) is 65.3 Å². The van der Waals surface area contributed by atoms with Crippen molar-refractivity contribution in [3.8, 4) is 0 Å². The molecule has 54 heavy (non-hydrogen) atoms. The molecule has 10 nitrogen and oxygen atoms in total. The molecule has 2 spiro atoms. The molecule has 4 aliphatic rings. The summed E-state index contributed by atoms with van der Waals surface area (Å²) < 4.78 is 11.8. The number of aromatic nitrogens is 4. The first-order chi connectivity index (χ1) is 25.6. The normalized spacial score (nSPS) is 21.0. The minimum Gasteiger partial charge on any atom is -0.361 e. The molecular formula is C40H48Cl2N6O4Si2. The van der Waals surface area contributed by atoms with E-state index in [1.807, 2.05) is 36.4 Å². The Hall–Kier alpha value is -3.53. The van der Waals surface area contributed by atoms with Crippen molar-refractivity contribution in [3.63, 3.8) is 0 Å². The Kier molecular flexibility index (Phi) is 10.7. The monoisotopic (exact) mass is 802 g/mol. The molecule has 2 aliphatic heterocycles. The Morgan fingerprint density at radius 3 is 1.41 bits per heavy atom. The Morgan fingerprint density at radius 2 is 1.02 bits per heavy atom. The summed E-state index contributed by atoms with van der Waals surface area (Å²) in [5.74, 6) is 1.58. The standard InChI is InChI=1S/2C20H24ClN3O2Si/c2*1-27(2,3)8-7-26-13-24-18-16(5-4-6-22-18)20(19(24)25)10-14-9-17(21)23-12-15(14)11-20/h2*4-6,9,12H,7-8,10-11,13H2,1-3H3/t2*20-/m10/s1. The lowest BCUT2D eigenvalue weighted by molar-refractivity contribution is -0.124. The fourth-order valence-corrected chi connectivity index (χ4v) is 9.84. The van der Waals surface area contributed by atoms with E-state index in [2.05, 4.69) is 59.2 Å². The lowest BCUT2D eigenvalue weighted by atomic mass is 9.79. The topological polar surface area (TPSA) is 111 Å². The van der Waals surface area contributed by atoms with Crippen molar-refractivity contribution >= 4 is 62.8 Å². The van der Waals surface area contributed by atoms with E-state index >= 15 is 0 Å². The zero-order chi connectivity index (χ0) is 38.5. The summed E-state index contributed by atoms with van der Waals surface area (Å²) >= 11 is 12.1. The van der Waals surface area contributed by atoms with Crippen LogP contribution < -0.4 is 9.80 Å². The van der Waals surface area contributed by atoms with Gasteiger partial charge < -0.3 is 9.47 Å². The van der Waals surface area contributed by atoms with Gasteiger partial charge in [-0.15, -0.1) is 0 Å². The van der Waals surface area contributed by atoms with Crippen molar-refractivity contribution in [1.29, 1.82) is 0 Å². The maximum absolute atomic E-state index is 13.5. The number of halogens is 2. The van der Waals surface area contributed by atoms with Crippen LogP contribution in [0.15, 0.2) is 61.2 Å². The second kappa shape index (κ2) is 14.9. The average Bonchev–Trinajstić information content (AvgIpc) is 3.81. The van der Waals surface area contributed by atoms with Gasteiger partial charge in [0.1, 0.15) is 35.4 Å². The van der Waals surface area contributed by atoms with Gasteiger partial charge in [0.2, 0.25) is 11.8 Å². The third-order valence-corrected chi connectivity index (χ3v) is 14.7. The van der Waals surface area contributed by atoms with Crippen molar-refractivity contribution < 1.29 is 19.1 Å². The van der Waals surface area contributed by atoms with Crippen LogP contribution in [-0.2, 0) is 55.6 Å². The Morgan fingerprint density at radius 1 is 0.630 bits per heavy atom. The summed E-state index contributed by atoms with van der Waals surface area (Å²) in [5, 5.41) is 0.934. The van der Waals surface area contributed by atoms with E-state index < -0.39 is 27.0 Å². The van der Waals surface area contributed by atoms with Gasteiger partial charge in [0.05, 0.1) is 10.8 Å². The molecular weight excluding hydrogens is 756 g/mol. The van der Waals surface area contributed by atoms with E-state index in [1.165, 1.54) is 0 Å². The van der Waals surface area contributed by atoms with Crippen molar-refractivity contribution in [2.75, 3.05) is 36.5 Å². The number of amides is 2. The van der Waals surface area contributed by atoms with Gasteiger partial charge >= 0.3 is 0 Å². The minimum absolute atomic E-state index is 0.0662. The summed E-state index contributed by atoms with van der Waals surface area (Å²) in [6.45, 7) is 15.8. The van der Waals surface area contributed by atoms with E-state index in [0.717, 1.165) is 57.1 Å². The lowest BCUT2D eigenvalue weighted by Gasteiger charge is -2.23. The second-order valence-electron chi connectivity index (χ2n) is 17.3. The smallest absolute Gasteiger partial charge is 0.241 e. The molecule has 0 fully saturated rings. The predicted molar refractivity (Wildman–Crippen MR) is 218 cm³/mol. The third-order valence-electron chi connectivity index (χ3n) is 10.9. The van der Waals surface area contributed by atoms with Crippen molar-refractivity contribution in [3.05, 3.63) is 105 Å².